The van der Waals surface area contributed by atoms with Gasteiger partial charge in [0.1, 0.15) is 12.4 Å². The van der Waals surface area contributed by atoms with Crippen LogP contribution in [0.3, 0.4) is 0 Å². The van der Waals surface area contributed by atoms with Crippen molar-refractivity contribution in [2.24, 2.45) is 0 Å². The van der Waals surface area contributed by atoms with Gasteiger partial charge in [0, 0.05) is 6.42 Å². The number of allylic oxidation sites excluding steroid dienone is 1. The molecule has 3 rings (SSSR count). The van der Waals surface area contributed by atoms with E-state index in [1.54, 1.807) is 24.3 Å². The highest BCUT2D eigenvalue weighted by Crippen LogP contribution is 2.30. The van der Waals surface area contributed by atoms with Crippen LogP contribution in [0.25, 0.3) is 5.57 Å². The maximum atomic E-state index is 12.2. The molecule has 0 radical (unpaired) electrons. The molecule has 0 saturated carbocycles. The van der Waals surface area contributed by atoms with Crippen molar-refractivity contribution < 1.29 is 19.1 Å². The standard InChI is InChI=1S/C22H20O4/c1-15(2)12-13-25-18-10-8-17(9-11-18)20-19(21(23)26-22(20)24)14-16-6-4-3-5-7-16/h3-12H,13-14H2,1-2H3. The van der Waals surface area contributed by atoms with Crippen molar-refractivity contribution in [1.29, 1.82) is 0 Å². The minimum absolute atomic E-state index is 0.328. The lowest BCUT2D eigenvalue weighted by atomic mass is 9.96. The Hall–Kier alpha value is -3.14. The summed E-state index contributed by atoms with van der Waals surface area (Å²) in [5.41, 5.74) is 3.51. The lowest BCUT2D eigenvalue weighted by molar-refractivity contribution is -0.150. The van der Waals surface area contributed by atoms with Gasteiger partial charge in [0.25, 0.3) is 0 Å². The molecule has 0 bridgehead atoms. The minimum Gasteiger partial charge on any atom is -0.490 e. The molecule has 0 unspecified atom stereocenters. The first-order valence-electron chi connectivity index (χ1n) is 8.45. The van der Waals surface area contributed by atoms with Crippen molar-refractivity contribution in [3.63, 3.8) is 0 Å². The molecule has 1 aliphatic heterocycles. The molecular weight excluding hydrogens is 328 g/mol. The summed E-state index contributed by atoms with van der Waals surface area (Å²) in [6.45, 7) is 4.51. The zero-order valence-corrected chi connectivity index (χ0v) is 14.8. The van der Waals surface area contributed by atoms with Crippen molar-refractivity contribution in [2.75, 3.05) is 6.61 Å². The number of cyclic esters (lactones) is 2. The first-order chi connectivity index (χ1) is 12.5. The van der Waals surface area contributed by atoms with Crippen LogP contribution in [0.15, 0.2) is 71.8 Å². The monoisotopic (exact) mass is 348 g/mol. The van der Waals surface area contributed by atoms with Crippen LogP contribution in [-0.4, -0.2) is 18.5 Å². The number of rotatable bonds is 6. The van der Waals surface area contributed by atoms with Crippen LogP contribution < -0.4 is 4.74 Å². The second-order valence-electron chi connectivity index (χ2n) is 6.31. The summed E-state index contributed by atoms with van der Waals surface area (Å²) in [5.74, 6) is -0.467. The molecule has 4 heteroatoms. The highest BCUT2D eigenvalue weighted by Gasteiger charge is 2.33. The zero-order chi connectivity index (χ0) is 18.5. The third-order valence-corrected chi connectivity index (χ3v) is 4.05. The van der Waals surface area contributed by atoms with Crippen molar-refractivity contribution in [2.45, 2.75) is 20.3 Å². The van der Waals surface area contributed by atoms with E-state index in [2.05, 4.69) is 0 Å². The van der Waals surface area contributed by atoms with Crippen molar-refractivity contribution in [3.8, 4) is 5.75 Å². The lowest BCUT2D eigenvalue weighted by Crippen LogP contribution is -2.03. The lowest BCUT2D eigenvalue weighted by Gasteiger charge is -2.06. The van der Waals surface area contributed by atoms with E-state index < -0.39 is 11.9 Å². The normalized spacial score (nSPS) is 13.6. The van der Waals surface area contributed by atoms with Gasteiger partial charge >= 0.3 is 11.9 Å². The van der Waals surface area contributed by atoms with Gasteiger partial charge in [-0.05, 0) is 43.2 Å². The summed E-state index contributed by atoms with van der Waals surface area (Å²) < 4.78 is 10.5. The molecule has 2 aromatic carbocycles. The van der Waals surface area contributed by atoms with E-state index in [4.69, 9.17) is 9.47 Å². The Morgan fingerprint density at radius 3 is 2.31 bits per heavy atom. The van der Waals surface area contributed by atoms with Crippen molar-refractivity contribution >= 4 is 17.5 Å². The number of hydrogen-bond acceptors (Lipinski definition) is 4. The van der Waals surface area contributed by atoms with E-state index in [9.17, 15) is 9.59 Å². The predicted octanol–water partition coefficient (Wildman–Crippen LogP) is 4.11. The Morgan fingerprint density at radius 2 is 1.65 bits per heavy atom. The van der Waals surface area contributed by atoms with Gasteiger partial charge in [-0.25, -0.2) is 9.59 Å². The number of benzene rings is 2. The van der Waals surface area contributed by atoms with Gasteiger partial charge in [0.05, 0.1) is 11.1 Å². The molecule has 0 amide bonds. The topological polar surface area (TPSA) is 52.6 Å². The minimum atomic E-state index is -0.598. The van der Waals surface area contributed by atoms with E-state index in [-0.39, 0.29) is 0 Å². The number of esters is 2. The molecule has 0 saturated heterocycles. The highest BCUT2D eigenvalue weighted by atomic mass is 16.6. The number of hydrogen-bond donors (Lipinski definition) is 0. The first kappa shape index (κ1) is 17.7. The molecule has 26 heavy (non-hydrogen) atoms. The smallest absolute Gasteiger partial charge is 0.347 e. The molecule has 0 spiro atoms. The average Bonchev–Trinajstić information content (AvgIpc) is 2.90. The Morgan fingerprint density at radius 1 is 0.962 bits per heavy atom. The molecule has 0 aromatic heterocycles. The molecule has 0 N–H and O–H groups in total. The Balaban J connectivity index is 1.85. The second-order valence-corrected chi connectivity index (χ2v) is 6.31. The molecule has 1 heterocycles. The van der Waals surface area contributed by atoms with Crippen LogP contribution in [0.4, 0.5) is 0 Å². The van der Waals surface area contributed by atoms with E-state index in [0.717, 1.165) is 5.56 Å². The fourth-order valence-corrected chi connectivity index (χ4v) is 2.70. The van der Waals surface area contributed by atoms with Crippen LogP contribution in [-0.2, 0) is 20.7 Å². The Labute approximate surface area is 152 Å². The fraction of sp³-hybridized carbons (Fsp3) is 0.182. The molecule has 2 aromatic rings. The van der Waals surface area contributed by atoms with E-state index in [1.165, 1.54) is 5.57 Å². The van der Waals surface area contributed by atoms with E-state index >= 15 is 0 Å². The van der Waals surface area contributed by atoms with Crippen molar-refractivity contribution in [3.05, 3.63) is 82.9 Å². The largest absolute Gasteiger partial charge is 0.490 e. The number of ether oxygens (including phenoxy) is 2. The van der Waals surface area contributed by atoms with Gasteiger partial charge in [-0.2, -0.15) is 0 Å². The second kappa shape index (κ2) is 7.83. The quantitative estimate of drug-likeness (QED) is 0.448. The highest BCUT2D eigenvalue weighted by molar-refractivity contribution is 6.30. The average molecular weight is 348 g/mol. The predicted molar refractivity (Wildman–Crippen MR) is 99.5 cm³/mol. The van der Waals surface area contributed by atoms with Crippen LogP contribution in [0.5, 0.6) is 5.75 Å². The van der Waals surface area contributed by atoms with Crippen LogP contribution in [0.1, 0.15) is 25.0 Å². The summed E-state index contributed by atoms with van der Waals surface area (Å²) in [6.07, 6.45) is 2.35. The summed E-state index contributed by atoms with van der Waals surface area (Å²) in [7, 11) is 0. The van der Waals surface area contributed by atoms with Gasteiger partial charge in [-0.3, -0.25) is 0 Å². The summed E-state index contributed by atoms with van der Waals surface area (Å²) in [4.78, 5) is 24.3. The van der Waals surface area contributed by atoms with E-state index in [0.29, 0.717) is 35.5 Å². The van der Waals surface area contributed by atoms with Crippen LogP contribution >= 0.6 is 0 Å². The van der Waals surface area contributed by atoms with Crippen LogP contribution in [0, 0.1) is 0 Å². The summed E-state index contributed by atoms with van der Waals surface area (Å²) >= 11 is 0. The molecule has 0 atom stereocenters. The van der Waals surface area contributed by atoms with Crippen molar-refractivity contribution in [1.82, 2.24) is 0 Å². The maximum absolute atomic E-state index is 12.2. The Bertz CT molecular complexity index is 870. The molecule has 132 valence electrons. The maximum Gasteiger partial charge on any atom is 0.347 e. The third kappa shape index (κ3) is 4.09. The molecule has 1 aliphatic rings. The Kier molecular flexibility index (Phi) is 5.32. The fourth-order valence-electron chi connectivity index (χ4n) is 2.70. The first-order valence-corrected chi connectivity index (χ1v) is 8.45. The van der Waals surface area contributed by atoms with E-state index in [1.807, 2.05) is 50.3 Å². The molecule has 0 aliphatic carbocycles. The van der Waals surface area contributed by atoms with Gasteiger partial charge in [0.15, 0.2) is 0 Å². The molecular formula is C22H20O4. The zero-order valence-electron chi connectivity index (χ0n) is 14.8. The molecule has 0 fully saturated rings. The number of carbonyl (C=O) groups is 2. The van der Waals surface area contributed by atoms with Gasteiger partial charge in [0.2, 0.25) is 0 Å². The SMILES string of the molecule is CC(C)=CCOc1ccc(C2=C(Cc3ccccc3)C(=O)OC2=O)cc1. The third-order valence-electron chi connectivity index (χ3n) is 4.05. The summed E-state index contributed by atoms with van der Waals surface area (Å²) in [6, 6.07) is 16.7. The van der Waals surface area contributed by atoms with Gasteiger partial charge in [-0.15, -0.1) is 0 Å². The van der Waals surface area contributed by atoms with Crippen LogP contribution in [0.2, 0.25) is 0 Å². The molecule has 4 nitrogen and oxygen atoms in total. The summed E-state index contributed by atoms with van der Waals surface area (Å²) in [5, 5.41) is 0. The number of carbonyl (C=O) groups excluding carboxylic acids is 2. The van der Waals surface area contributed by atoms with Gasteiger partial charge in [-0.1, -0.05) is 48.0 Å². The van der Waals surface area contributed by atoms with Gasteiger partial charge < -0.3 is 9.47 Å².